The second kappa shape index (κ2) is 2.35. The largest absolute Gasteiger partial charge is 0.385 e. The van der Waals surface area contributed by atoms with E-state index in [-0.39, 0.29) is 0 Å². The minimum atomic E-state index is -0.579. The Labute approximate surface area is 60.2 Å². The van der Waals surface area contributed by atoms with Gasteiger partial charge in [-0.15, -0.1) is 6.58 Å². The van der Waals surface area contributed by atoms with Crippen molar-refractivity contribution in [3.8, 4) is 0 Å². The number of hydrogen-bond donors (Lipinski definition) is 1. The normalized spacial score (nSPS) is 43.1. The predicted octanol–water partition coefficient (Wildman–Crippen LogP) is 1.43. The van der Waals surface area contributed by atoms with Crippen molar-refractivity contribution in [1.82, 2.24) is 0 Å². The third-order valence-electron chi connectivity index (χ3n) is 1.93. The molecule has 1 aliphatic heterocycles. The summed E-state index contributed by atoms with van der Waals surface area (Å²) in [7, 11) is 0. The van der Waals surface area contributed by atoms with Gasteiger partial charge in [0.2, 0.25) is 0 Å². The van der Waals surface area contributed by atoms with Crippen molar-refractivity contribution in [2.75, 3.05) is 5.75 Å². The fourth-order valence-electron chi connectivity index (χ4n) is 1.01. The summed E-state index contributed by atoms with van der Waals surface area (Å²) < 4.78 is 0. The van der Waals surface area contributed by atoms with Gasteiger partial charge in [-0.05, 0) is 12.2 Å². The van der Waals surface area contributed by atoms with Crippen molar-refractivity contribution < 1.29 is 5.11 Å². The fraction of sp³-hybridized carbons (Fsp3) is 0.714. The predicted molar refractivity (Wildman–Crippen MR) is 41.7 cm³/mol. The third kappa shape index (κ3) is 1.14. The first-order chi connectivity index (χ1) is 4.19. The zero-order valence-corrected chi connectivity index (χ0v) is 6.45. The Hall–Kier alpha value is 0.0500. The molecule has 0 amide bonds. The van der Waals surface area contributed by atoms with E-state index >= 15 is 0 Å². The highest BCUT2D eigenvalue weighted by Gasteiger charge is 2.35. The average Bonchev–Trinajstić information content (AvgIpc) is 2.15. The van der Waals surface area contributed by atoms with Crippen LogP contribution in [0.15, 0.2) is 12.7 Å². The molecule has 2 unspecified atom stereocenters. The number of hydrogen-bond acceptors (Lipinski definition) is 2. The number of thioether (sulfide) groups is 1. The highest BCUT2D eigenvalue weighted by molar-refractivity contribution is 8.00. The summed E-state index contributed by atoms with van der Waals surface area (Å²) in [5.41, 5.74) is -0.579. The van der Waals surface area contributed by atoms with Crippen LogP contribution < -0.4 is 0 Å². The molecule has 0 bridgehead atoms. The zero-order chi connectivity index (χ0) is 6.91. The highest BCUT2D eigenvalue weighted by Crippen LogP contribution is 2.35. The Kier molecular flexibility index (Phi) is 1.87. The van der Waals surface area contributed by atoms with Crippen molar-refractivity contribution in [2.45, 2.75) is 24.2 Å². The molecule has 1 N–H and O–H groups in total. The molecule has 0 aromatic carbocycles. The van der Waals surface area contributed by atoms with E-state index in [1.807, 2.05) is 18.7 Å². The fourth-order valence-corrected chi connectivity index (χ4v) is 2.32. The molecule has 52 valence electrons. The van der Waals surface area contributed by atoms with Crippen molar-refractivity contribution >= 4 is 11.8 Å². The molecule has 0 spiro atoms. The van der Waals surface area contributed by atoms with Crippen LogP contribution in [0.1, 0.15) is 13.3 Å². The van der Waals surface area contributed by atoms with E-state index in [0.717, 1.165) is 12.2 Å². The minimum absolute atomic E-state index is 0.329. The van der Waals surface area contributed by atoms with Gasteiger partial charge in [0.1, 0.15) is 0 Å². The van der Waals surface area contributed by atoms with Gasteiger partial charge >= 0.3 is 0 Å². The van der Waals surface area contributed by atoms with Crippen LogP contribution in [-0.4, -0.2) is 21.7 Å². The van der Waals surface area contributed by atoms with Crippen molar-refractivity contribution in [2.24, 2.45) is 0 Å². The summed E-state index contributed by atoms with van der Waals surface area (Å²) in [5, 5.41) is 9.96. The van der Waals surface area contributed by atoms with E-state index < -0.39 is 5.60 Å². The Morgan fingerprint density at radius 3 is 2.78 bits per heavy atom. The van der Waals surface area contributed by atoms with Crippen molar-refractivity contribution in [1.29, 1.82) is 0 Å². The Morgan fingerprint density at radius 2 is 2.56 bits per heavy atom. The van der Waals surface area contributed by atoms with E-state index in [1.165, 1.54) is 0 Å². The maximum atomic E-state index is 9.63. The quantitative estimate of drug-likeness (QED) is 0.562. The van der Waals surface area contributed by atoms with E-state index in [4.69, 9.17) is 0 Å². The van der Waals surface area contributed by atoms with E-state index in [0.29, 0.717) is 5.25 Å². The van der Waals surface area contributed by atoms with Crippen LogP contribution in [0.4, 0.5) is 0 Å². The van der Waals surface area contributed by atoms with Gasteiger partial charge in [-0.1, -0.05) is 13.0 Å². The molecule has 1 fully saturated rings. The lowest BCUT2D eigenvalue weighted by Crippen LogP contribution is -2.31. The lowest BCUT2D eigenvalue weighted by molar-refractivity contribution is 0.0975. The van der Waals surface area contributed by atoms with Gasteiger partial charge in [0.05, 0.1) is 5.60 Å². The first-order valence-corrected chi connectivity index (χ1v) is 4.21. The smallest absolute Gasteiger partial charge is 0.0948 e. The first kappa shape index (κ1) is 7.16. The highest BCUT2D eigenvalue weighted by atomic mass is 32.2. The van der Waals surface area contributed by atoms with Crippen LogP contribution in [0.2, 0.25) is 0 Å². The molecule has 1 nitrogen and oxygen atoms in total. The van der Waals surface area contributed by atoms with Gasteiger partial charge in [-0.2, -0.15) is 11.8 Å². The van der Waals surface area contributed by atoms with Crippen LogP contribution in [0, 0.1) is 0 Å². The molecule has 2 atom stereocenters. The molecular weight excluding hydrogens is 132 g/mol. The molecule has 1 aliphatic rings. The monoisotopic (exact) mass is 144 g/mol. The molecular formula is C7H12OS. The van der Waals surface area contributed by atoms with Crippen molar-refractivity contribution in [3.63, 3.8) is 0 Å². The van der Waals surface area contributed by atoms with Gasteiger partial charge in [0.25, 0.3) is 0 Å². The zero-order valence-electron chi connectivity index (χ0n) is 5.63. The molecule has 9 heavy (non-hydrogen) atoms. The SMILES string of the molecule is C=CC1(O)CCSC1C. The van der Waals surface area contributed by atoms with Crippen LogP contribution >= 0.6 is 11.8 Å². The first-order valence-electron chi connectivity index (χ1n) is 3.16. The van der Waals surface area contributed by atoms with Crippen LogP contribution in [0.5, 0.6) is 0 Å². The Morgan fingerprint density at radius 1 is 1.89 bits per heavy atom. The van der Waals surface area contributed by atoms with Crippen LogP contribution in [0.3, 0.4) is 0 Å². The topological polar surface area (TPSA) is 20.2 Å². The lowest BCUT2D eigenvalue weighted by atomic mass is 9.98. The lowest BCUT2D eigenvalue weighted by Gasteiger charge is -2.21. The summed E-state index contributed by atoms with van der Waals surface area (Å²) in [6.45, 7) is 5.64. The van der Waals surface area contributed by atoms with Gasteiger partial charge in [-0.3, -0.25) is 0 Å². The van der Waals surface area contributed by atoms with Gasteiger partial charge in [-0.25, -0.2) is 0 Å². The molecule has 2 heteroatoms. The third-order valence-corrected chi connectivity index (χ3v) is 3.28. The Bertz CT molecular complexity index is 124. The molecule has 0 aromatic rings. The molecule has 1 heterocycles. The number of rotatable bonds is 1. The van der Waals surface area contributed by atoms with Gasteiger partial charge in [0, 0.05) is 5.25 Å². The summed E-state index contributed by atoms with van der Waals surface area (Å²) in [4.78, 5) is 0. The van der Waals surface area contributed by atoms with E-state index in [1.54, 1.807) is 6.08 Å². The minimum Gasteiger partial charge on any atom is -0.385 e. The second-order valence-corrected chi connectivity index (χ2v) is 3.91. The van der Waals surface area contributed by atoms with Crippen molar-refractivity contribution in [3.05, 3.63) is 12.7 Å². The van der Waals surface area contributed by atoms with Crippen LogP contribution in [0.25, 0.3) is 0 Å². The number of aliphatic hydroxyl groups is 1. The van der Waals surface area contributed by atoms with Crippen LogP contribution in [-0.2, 0) is 0 Å². The standard InChI is InChI=1S/C7H12OS/c1-3-7(8)4-5-9-6(7)2/h3,6,8H,1,4-5H2,2H3. The molecule has 0 radical (unpaired) electrons. The molecule has 0 aliphatic carbocycles. The Balaban J connectivity index is 2.66. The summed E-state index contributed by atoms with van der Waals surface area (Å²) in [6, 6.07) is 0. The summed E-state index contributed by atoms with van der Waals surface area (Å²) >= 11 is 1.81. The van der Waals surface area contributed by atoms with Gasteiger partial charge in [0.15, 0.2) is 0 Å². The van der Waals surface area contributed by atoms with E-state index in [9.17, 15) is 5.11 Å². The molecule has 1 saturated heterocycles. The molecule has 0 saturated carbocycles. The summed E-state index contributed by atoms with van der Waals surface area (Å²) in [6.07, 6.45) is 2.53. The van der Waals surface area contributed by atoms with Gasteiger partial charge < -0.3 is 5.11 Å². The molecule has 0 aromatic heterocycles. The second-order valence-electron chi connectivity index (χ2n) is 2.46. The maximum absolute atomic E-state index is 9.63. The molecule has 1 rings (SSSR count). The average molecular weight is 144 g/mol. The van der Waals surface area contributed by atoms with E-state index in [2.05, 4.69) is 6.58 Å². The summed E-state index contributed by atoms with van der Waals surface area (Å²) in [5.74, 6) is 1.06. The maximum Gasteiger partial charge on any atom is 0.0948 e.